The van der Waals surface area contributed by atoms with E-state index < -0.39 is 9.84 Å². The molecule has 33 heavy (non-hydrogen) atoms. The van der Waals surface area contributed by atoms with Crippen LogP contribution in [-0.2, 0) is 9.84 Å². The van der Waals surface area contributed by atoms with E-state index in [4.69, 9.17) is 11.6 Å². The van der Waals surface area contributed by atoms with Crippen molar-refractivity contribution in [3.63, 3.8) is 0 Å². The molecule has 0 spiro atoms. The number of nitrogens with zero attached hydrogens (tertiary/aromatic N) is 3. The van der Waals surface area contributed by atoms with Crippen LogP contribution in [-0.4, -0.2) is 35.5 Å². The van der Waals surface area contributed by atoms with Crippen LogP contribution in [0.25, 0.3) is 32.4 Å². The molecule has 3 aromatic heterocycles. The zero-order chi connectivity index (χ0) is 23.2. The molecule has 0 fully saturated rings. The Morgan fingerprint density at radius 3 is 2.48 bits per heavy atom. The van der Waals surface area contributed by atoms with E-state index in [1.54, 1.807) is 48.8 Å². The summed E-state index contributed by atoms with van der Waals surface area (Å²) < 4.78 is 24.3. The number of nitrogens with one attached hydrogen (secondary N) is 1. The molecule has 0 radical (unpaired) electrons. The third-order valence-electron chi connectivity index (χ3n) is 5.00. The third kappa shape index (κ3) is 4.30. The molecule has 0 saturated heterocycles. The summed E-state index contributed by atoms with van der Waals surface area (Å²) in [6, 6.07) is 15.2. The number of anilines is 1. The van der Waals surface area contributed by atoms with E-state index in [9.17, 15) is 13.2 Å². The molecule has 1 amide bonds. The van der Waals surface area contributed by atoms with Crippen LogP contribution in [0.1, 0.15) is 10.4 Å². The lowest BCUT2D eigenvalue weighted by molar-refractivity contribution is 0.102. The first-order valence-electron chi connectivity index (χ1n) is 9.71. The molecule has 3 heterocycles. The van der Waals surface area contributed by atoms with Crippen molar-refractivity contribution in [2.45, 2.75) is 4.90 Å². The summed E-state index contributed by atoms with van der Waals surface area (Å²) in [5.41, 5.74) is 3.07. The summed E-state index contributed by atoms with van der Waals surface area (Å²) in [6.07, 6.45) is 4.47. The first kappa shape index (κ1) is 21.4. The molecule has 0 aliphatic carbocycles. The van der Waals surface area contributed by atoms with Crippen LogP contribution in [0.5, 0.6) is 0 Å². The summed E-state index contributed by atoms with van der Waals surface area (Å²) in [6.45, 7) is 0. The highest BCUT2D eigenvalue weighted by Crippen LogP contribution is 2.31. The number of hydrogen-bond acceptors (Lipinski definition) is 7. The predicted octanol–water partition coefficient (Wildman–Crippen LogP) is 5.22. The minimum Gasteiger partial charge on any atom is -0.298 e. The summed E-state index contributed by atoms with van der Waals surface area (Å²) in [4.78, 5) is 26.6. The fraction of sp³-hybridized carbons (Fsp3) is 0.0435. The SMILES string of the molecule is CS(=O)(=O)c1ccc2nc(NC(=O)c3cc(-c4ccncc4)nc4ccc(Cl)cc34)sc2c1. The zero-order valence-electron chi connectivity index (χ0n) is 17.1. The van der Waals surface area contributed by atoms with Crippen molar-refractivity contribution in [1.82, 2.24) is 15.0 Å². The number of hydrogen-bond donors (Lipinski definition) is 1. The van der Waals surface area contributed by atoms with Crippen molar-refractivity contribution in [3.8, 4) is 11.3 Å². The second-order valence-corrected chi connectivity index (χ2v) is 10.8. The van der Waals surface area contributed by atoms with Gasteiger partial charge in [0.25, 0.3) is 5.91 Å². The molecule has 0 bridgehead atoms. The van der Waals surface area contributed by atoms with Crippen molar-refractivity contribution in [2.24, 2.45) is 0 Å². The highest BCUT2D eigenvalue weighted by molar-refractivity contribution is 7.90. The van der Waals surface area contributed by atoms with Crippen molar-refractivity contribution in [1.29, 1.82) is 0 Å². The van der Waals surface area contributed by atoms with Crippen LogP contribution < -0.4 is 5.32 Å². The van der Waals surface area contributed by atoms with Crippen LogP contribution in [0.2, 0.25) is 5.02 Å². The van der Waals surface area contributed by atoms with Gasteiger partial charge in [0.2, 0.25) is 0 Å². The Kier molecular flexibility index (Phi) is 5.32. The van der Waals surface area contributed by atoms with E-state index in [1.807, 2.05) is 12.1 Å². The normalized spacial score (nSPS) is 11.7. The smallest absolute Gasteiger partial charge is 0.258 e. The van der Waals surface area contributed by atoms with E-state index in [-0.39, 0.29) is 10.8 Å². The van der Waals surface area contributed by atoms with E-state index in [2.05, 4.69) is 20.3 Å². The number of rotatable bonds is 4. The Hall–Kier alpha value is -3.40. The van der Waals surface area contributed by atoms with Crippen LogP contribution in [0.3, 0.4) is 0 Å². The van der Waals surface area contributed by atoms with Crippen molar-refractivity contribution in [3.05, 3.63) is 77.6 Å². The summed E-state index contributed by atoms with van der Waals surface area (Å²) in [5, 5.41) is 4.29. The van der Waals surface area contributed by atoms with Gasteiger partial charge in [-0.15, -0.1) is 0 Å². The third-order valence-corrected chi connectivity index (χ3v) is 7.28. The number of halogens is 1. The fourth-order valence-electron chi connectivity index (χ4n) is 3.41. The van der Waals surface area contributed by atoms with Gasteiger partial charge in [-0.3, -0.25) is 15.1 Å². The number of carbonyl (C=O) groups excluding carboxylic acids is 1. The van der Waals surface area contributed by atoms with Crippen molar-refractivity contribution < 1.29 is 13.2 Å². The minimum absolute atomic E-state index is 0.202. The van der Waals surface area contributed by atoms with Gasteiger partial charge in [-0.1, -0.05) is 22.9 Å². The lowest BCUT2D eigenvalue weighted by Crippen LogP contribution is -2.13. The van der Waals surface area contributed by atoms with Gasteiger partial charge in [0.15, 0.2) is 15.0 Å². The van der Waals surface area contributed by atoms with Gasteiger partial charge in [0, 0.05) is 34.6 Å². The topological polar surface area (TPSA) is 102 Å². The van der Waals surface area contributed by atoms with Crippen LogP contribution in [0, 0.1) is 0 Å². The fourth-order valence-corrected chi connectivity index (χ4v) is 5.20. The van der Waals surface area contributed by atoms with Crippen LogP contribution in [0.15, 0.2) is 71.9 Å². The van der Waals surface area contributed by atoms with E-state index in [0.29, 0.717) is 42.5 Å². The number of pyridine rings is 2. The van der Waals surface area contributed by atoms with E-state index >= 15 is 0 Å². The first-order chi connectivity index (χ1) is 15.8. The minimum atomic E-state index is -3.34. The van der Waals surface area contributed by atoms with Gasteiger partial charge in [-0.05, 0) is 54.6 Å². The molecule has 0 aliphatic rings. The molecule has 10 heteroatoms. The van der Waals surface area contributed by atoms with E-state index in [1.165, 1.54) is 17.4 Å². The lowest BCUT2D eigenvalue weighted by Gasteiger charge is -2.10. The summed E-state index contributed by atoms with van der Waals surface area (Å²) in [7, 11) is -3.34. The number of carbonyl (C=O) groups is 1. The molecule has 0 atom stereocenters. The maximum absolute atomic E-state index is 13.3. The van der Waals surface area contributed by atoms with Gasteiger partial charge in [0.05, 0.1) is 31.9 Å². The largest absolute Gasteiger partial charge is 0.298 e. The molecule has 164 valence electrons. The number of sulfone groups is 1. The van der Waals surface area contributed by atoms with Gasteiger partial charge in [-0.2, -0.15) is 0 Å². The Morgan fingerprint density at radius 2 is 1.73 bits per heavy atom. The summed E-state index contributed by atoms with van der Waals surface area (Å²) >= 11 is 7.39. The maximum atomic E-state index is 13.3. The second kappa shape index (κ2) is 8.18. The summed E-state index contributed by atoms with van der Waals surface area (Å²) in [5.74, 6) is -0.373. The molecule has 0 saturated carbocycles. The molecular weight excluding hydrogens is 480 g/mol. The average Bonchev–Trinajstić information content (AvgIpc) is 3.19. The van der Waals surface area contributed by atoms with Crippen molar-refractivity contribution in [2.75, 3.05) is 11.6 Å². The number of thiazole rings is 1. The van der Waals surface area contributed by atoms with Crippen LogP contribution >= 0.6 is 22.9 Å². The Labute approximate surface area is 198 Å². The number of benzene rings is 2. The lowest BCUT2D eigenvalue weighted by atomic mass is 10.0. The predicted molar refractivity (Wildman–Crippen MR) is 131 cm³/mol. The van der Waals surface area contributed by atoms with E-state index in [0.717, 1.165) is 11.8 Å². The molecule has 7 nitrogen and oxygen atoms in total. The number of fused-ring (bicyclic) bond motifs is 2. The van der Waals surface area contributed by atoms with Gasteiger partial charge in [0.1, 0.15) is 0 Å². The van der Waals surface area contributed by atoms with Gasteiger partial charge in [-0.25, -0.2) is 18.4 Å². The van der Waals surface area contributed by atoms with Gasteiger partial charge < -0.3 is 0 Å². The van der Waals surface area contributed by atoms with Crippen LogP contribution in [0.4, 0.5) is 5.13 Å². The Bertz CT molecular complexity index is 1650. The highest BCUT2D eigenvalue weighted by Gasteiger charge is 2.17. The molecule has 1 N–H and O–H groups in total. The number of aromatic nitrogens is 3. The standard InChI is InChI=1S/C23H15ClN4O3S2/c1-33(30,31)15-3-5-19-21(11-15)32-23(27-19)28-22(29)17-12-20(13-6-8-25-9-7-13)26-18-4-2-14(24)10-16(17)18/h2-12H,1H3,(H,27,28,29). The first-order valence-corrected chi connectivity index (χ1v) is 12.8. The Morgan fingerprint density at radius 1 is 0.970 bits per heavy atom. The molecule has 5 rings (SSSR count). The zero-order valence-corrected chi connectivity index (χ0v) is 19.5. The molecule has 2 aromatic carbocycles. The average molecular weight is 495 g/mol. The number of amides is 1. The highest BCUT2D eigenvalue weighted by atomic mass is 35.5. The van der Waals surface area contributed by atoms with Gasteiger partial charge >= 0.3 is 0 Å². The maximum Gasteiger partial charge on any atom is 0.258 e. The molecule has 5 aromatic rings. The van der Waals surface area contributed by atoms with Crippen molar-refractivity contribution >= 4 is 64.9 Å². The molecule has 0 aliphatic heterocycles. The monoisotopic (exact) mass is 494 g/mol. The molecule has 0 unspecified atom stereocenters. The molecular formula is C23H15ClN4O3S2. The Balaban J connectivity index is 1.57. The quantitative estimate of drug-likeness (QED) is 0.367. The second-order valence-electron chi connectivity index (χ2n) is 7.33.